The Hall–Kier alpha value is -4.87. The number of carbonyl (C=O) groups is 4. The maximum atomic E-state index is 13.3. The highest BCUT2D eigenvalue weighted by Gasteiger charge is 2.44. The first kappa shape index (κ1) is 40.3. The number of thiazole rings is 1. The van der Waals surface area contributed by atoms with Crippen LogP contribution in [0.25, 0.3) is 10.9 Å². The molecule has 2 fully saturated rings. The molecule has 4 N–H and O–H groups in total. The Morgan fingerprint density at radius 2 is 1.82 bits per heavy atom. The number of piperidine rings is 1. The number of aliphatic hydroxyl groups excluding tert-OH is 1. The highest BCUT2D eigenvalue weighted by molar-refractivity contribution is 7.17. The molecule has 4 amide bonds. The number of carbonyl (C=O) groups excluding carboxylic acids is 4. The van der Waals surface area contributed by atoms with Gasteiger partial charge in [0.1, 0.15) is 23.3 Å². The molecule has 0 radical (unpaired) electrons. The maximum absolute atomic E-state index is 13.3. The van der Waals surface area contributed by atoms with E-state index in [9.17, 15) is 24.3 Å². The minimum atomic E-state index is -1.31. The van der Waals surface area contributed by atoms with E-state index in [1.165, 1.54) is 22.3 Å². The number of imide groups is 1. The third-order valence-corrected chi connectivity index (χ3v) is 11.8. The third kappa shape index (κ3) is 9.82. The number of unbranched alkanes of at least 4 members (excludes halogenated alkanes) is 1. The van der Waals surface area contributed by atoms with Crippen LogP contribution in [0.5, 0.6) is 5.75 Å². The van der Waals surface area contributed by atoms with Crippen LogP contribution in [0.4, 0.5) is 5.13 Å². The van der Waals surface area contributed by atoms with Gasteiger partial charge in [0.25, 0.3) is 11.8 Å². The zero-order chi connectivity index (χ0) is 39.7. The van der Waals surface area contributed by atoms with E-state index in [2.05, 4.69) is 55.7 Å². The fourth-order valence-corrected chi connectivity index (χ4v) is 8.48. The summed E-state index contributed by atoms with van der Waals surface area (Å²) in [6, 6.07) is 12.2. The number of piperazine rings is 1. The predicted octanol–water partition coefficient (Wildman–Crippen LogP) is 3.64. The van der Waals surface area contributed by atoms with E-state index in [0.717, 1.165) is 74.0 Å². The standard InChI is InChI=1S/C41H51N7O8S/c1-2-3-6-28(23-27-25-42-33-8-5-4-7-30(27)33)44-38(51)35-26-43-41(57-35)47-15-13-46(14-16-47)17-18-54-19-20-55-21-22-56-29-9-10-31-32(24-29)40(53)48(39(31)52)34-11-12-36(49)45-37(34)50/h4-5,7-10,24-26,28,34,40,42,53H,2-3,6,11-23H2,1H3,(H,44,51)(H,45,49,50). The zero-order valence-corrected chi connectivity index (χ0v) is 33.1. The van der Waals surface area contributed by atoms with Crippen molar-refractivity contribution in [2.45, 2.75) is 63.8 Å². The van der Waals surface area contributed by atoms with E-state index in [0.29, 0.717) is 48.2 Å². The van der Waals surface area contributed by atoms with Crippen molar-refractivity contribution in [2.75, 3.05) is 70.7 Å². The van der Waals surface area contributed by atoms with E-state index in [4.69, 9.17) is 14.2 Å². The first-order valence-corrected chi connectivity index (χ1v) is 20.7. The fraction of sp³-hybridized carbons (Fsp3) is 0.488. The van der Waals surface area contributed by atoms with E-state index >= 15 is 0 Å². The van der Waals surface area contributed by atoms with Gasteiger partial charge in [-0.3, -0.25) is 34.3 Å². The zero-order valence-electron chi connectivity index (χ0n) is 32.2. The molecule has 16 heteroatoms. The highest BCUT2D eigenvalue weighted by atomic mass is 32.1. The average molecular weight is 802 g/mol. The van der Waals surface area contributed by atoms with Crippen molar-refractivity contribution in [3.63, 3.8) is 0 Å². The molecule has 0 aliphatic carbocycles. The number of aromatic amines is 1. The number of aromatic nitrogens is 2. The molecule has 0 spiro atoms. The maximum Gasteiger partial charge on any atom is 0.263 e. The Bertz CT molecular complexity index is 2030. The summed E-state index contributed by atoms with van der Waals surface area (Å²) in [6.07, 6.45) is 6.55. The second-order valence-corrected chi connectivity index (χ2v) is 15.6. The van der Waals surface area contributed by atoms with Crippen LogP contribution in [-0.4, -0.2) is 126 Å². The van der Waals surface area contributed by atoms with Crippen LogP contribution in [0.15, 0.2) is 54.9 Å². The minimum Gasteiger partial charge on any atom is -0.491 e. The van der Waals surface area contributed by atoms with Crippen molar-refractivity contribution in [3.05, 3.63) is 76.4 Å². The van der Waals surface area contributed by atoms with Gasteiger partial charge in [-0.2, -0.15) is 0 Å². The van der Waals surface area contributed by atoms with Crippen molar-refractivity contribution >= 4 is 51.0 Å². The molecule has 3 aliphatic heterocycles. The Kier molecular flexibility index (Phi) is 13.5. The van der Waals surface area contributed by atoms with Gasteiger partial charge < -0.3 is 34.5 Å². The van der Waals surface area contributed by atoms with Crippen molar-refractivity contribution in [1.82, 2.24) is 30.4 Å². The predicted molar refractivity (Wildman–Crippen MR) is 214 cm³/mol. The summed E-state index contributed by atoms with van der Waals surface area (Å²) in [6.45, 7) is 8.45. The molecular formula is C41H51N7O8S. The van der Waals surface area contributed by atoms with Gasteiger partial charge in [-0.25, -0.2) is 4.98 Å². The van der Waals surface area contributed by atoms with Gasteiger partial charge in [-0.1, -0.05) is 49.3 Å². The van der Waals surface area contributed by atoms with Crippen molar-refractivity contribution in [1.29, 1.82) is 0 Å². The first-order valence-electron chi connectivity index (χ1n) is 19.8. The molecular weight excluding hydrogens is 751 g/mol. The molecule has 2 aromatic heterocycles. The lowest BCUT2D eigenvalue weighted by molar-refractivity contribution is -0.139. The lowest BCUT2D eigenvalue weighted by Gasteiger charge is -2.34. The Balaban J connectivity index is 0.757. The lowest BCUT2D eigenvalue weighted by atomic mass is 10.0. The van der Waals surface area contributed by atoms with Crippen LogP contribution >= 0.6 is 11.3 Å². The number of nitrogens with zero attached hydrogens (tertiary/aromatic N) is 4. The van der Waals surface area contributed by atoms with Crippen molar-refractivity contribution in [2.24, 2.45) is 0 Å². The summed E-state index contributed by atoms with van der Waals surface area (Å²) < 4.78 is 17.3. The Labute approximate surface area is 335 Å². The largest absolute Gasteiger partial charge is 0.491 e. The van der Waals surface area contributed by atoms with Crippen molar-refractivity contribution in [3.8, 4) is 5.75 Å². The quantitative estimate of drug-likeness (QED) is 0.0804. The van der Waals surface area contributed by atoms with E-state index in [1.807, 2.05) is 12.1 Å². The molecule has 2 saturated heterocycles. The molecule has 0 saturated carbocycles. The Morgan fingerprint density at radius 3 is 2.63 bits per heavy atom. The summed E-state index contributed by atoms with van der Waals surface area (Å²) in [5, 5.41) is 18.5. The monoisotopic (exact) mass is 801 g/mol. The summed E-state index contributed by atoms with van der Waals surface area (Å²) >= 11 is 1.45. The first-order chi connectivity index (χ1) is 27.8. The lowest BCUT2D eigenvalue weighted by Crippen LogP contribution is -2.53. The topological polar surface area (TPSA) is 179 Å². The van der Waals surface area contributed by atoms with Crippen LogP contribution in [0, 0.1) is 0 Å². The molecule has 3 unspecified atom stereocenters. The molecule has 0 bridgehead atoms. The van der Waals surface area contributed by atoms with Crippen molar-refractivity contribution < 1.29 is 38.5 Å². The normalized spacial score (nSPS) is 19.2. The van der Waals surface area contributed by atoms with Gasteiger partial charge in [0.15, 0.2) is 11.4 Å². The van der Waals surface area contributed by atoms with Gasteiger partial charge >= 0.3 is 0 Å². The second kappa shape index (κ2) is 19.0. The smallest absolute Gasteiger partial charge is 0.263 e. The summed E-state index contributed by atoms with van der Waals surface area (Å²) in [7, 11) is 0. The van der Waals surface area contributed by atoms with Gasteiger partial charge in [0, 0.05) is 73.4 Å². The van der Waals surface area contributed by atoms with Gasteiger partial charge in [0.05, 0.1) is 32.6 Å². The van der Waals surface area contributed by atoms with Crippen LogP contribution < -0.4 is 20.3 Å². The van der Waals surface area contributed by atoms with E-state index in [1.54, 1.807) is 24.4 Å². The highest BCUT2D eigenvalue weighted by Crippen LogP contribution is 2.37. The van der Waals surface area contributed by atoms with Crippen LogP contribution in [-0.2, 0) is 25.5 Å². The molecule has 3 atom stereocenters. The Morgan fingerprint density at radius 1 is 1.04 bits per heavy atom. The minimum absolute atomic E-state index is 0.0466. The third-order valence-electron chi connectivity index (χ3n) is 10.7. The summed E-state index contributed by atoms with van der Waals surface area (Å²) in [4.78, 5) is 64.5. The summed E-state index contributed by atoms with van der Waals surface area (Å²) in [5.41, 5.74) is 2.99. The number of ether oxygens (including phenoxy) is 3. The second-order valence-electron chi connectivity index (χ2n) is 14.6. The van der Waals surface area contributed by atoms with E-state index in [-0.39, 0.29) is 37.3 Å². The number of hydrogen-bond donors (Lipinski definition) is 4. The SMILES string of the molecule is CCCCC(Cc1c[nH]c2ccccc12)NC(=O)c1cnc(N2CCN(CCOCCOCCOc3ccc4c(c3)C(O)N(C3CCC(=O)NC3=O)C4=O)CC2)s1. The number of hydrogen-bond acceptors (Lipinski definition) is 12. The van der Waals surface area contributed by atoms with Gasteiger partial charge in [-0.05, 0) is 49.1 Å². The van der Waals surface area contributed by atoms with Gasteiger partial charge in [0.2, 0.25) is 11.8 Å². The molecule has 15 nitrogen and oxygen atoms in total. The molecule has 57 heavy (non-hydrogen) atoms. The molecule has 3 aliphatic rings. The fourth-order valence-electron chi connectivity index (χ4n) is 7.61. The van der Waals surface area contributed by atoms with Crippen LogP contribution in [0.3, 0.4) is 0 Å². The van der Waals surface area contributed by atoms with Crippen LogP contribution in [0.2, 0.25) is 0 Å². The van der Waals surface area contributed by atoms with Gasteiger partial charge in [-0.15, -0.1) is 0 Å². The number of benzene rings is 2. The molecule has 4 aromatic rings. The molecule has 5 heterocycles. The number of para-hydroxylation sites is 1. The number of rotatable bonds is 19. The number of anilines is 1. The van der Waals surface area contributed by atoms with E-state index < -0.39 is 24.1 Å². The number of amides is 4. The number of aliphatic hydroxyl groups is 1. The average Bonchev–Trinajstić information content (AvgIpc) is 3.94. The molecule has 7 rings (SSSR count). The molecule has 304 valence electrons. The molecule has 2 aromatic carbocycles. The summed E-state index contributed by atoms with van der Waals surface area (Å²) in [5.74, 6) is -1.03. The number of nitrogens with one attached hydrogen (secondary N) is 3. The number of fused-ring (bicyclic) bond motifs is 2. The van der Waals surface area contributed by atoms with Crippen LogP contribution in [0.1, 0.15) is 76.4 Å². The number of H-pyrrole nitrogens is 1.